The van der Waals surface area contributed by atoms with E-state index in [1.807, 2.05) is 6.92 Å². The Kier molecular flexibility index (Phi) is 6.32. The maximum atomic E-state index is 10.8. The van der Waals surface area contributed by atoms with Gasteiger partial charge in [-0.1, -0.05) is 28.9 Å². The molecule has 0 saturated carbocycles. The molecule has 0 amide bonds. The zero-order valence-corrected chi connectivity index (χ0v) is 11.9. The van der Waals surface area contributed by atoms with E-state index in [1.165, 1.54) is 0 Å². The monoisotopic (exact) mass is 315 g/mol. The van der Waals surface area contributed by atoms with Crippen molar-refractivity contribution in [3.63, 3.8) is 0 Å². The Labute approximate surface area is 115 Å². The highest BCUT2D eigenvalue weighted by Crippen LogP contribution is 2.18. The third kappa shape index (κ3) is 4.76. The van der Waals surface area contributed by atoms with Gasteiger partial charge >= 0.3 is 5.97 Å². The lowest BCUT2D eigenvalue weighted by molar-refractivity contribution is 0.0696. The zero-order valence-electron chi connectivity index (χ0n) is 10.3. The molecule has 0 aliphatic carbocycles. The van der Waals surface area contributed by atoms with Crippen LogP contribution >= 0.6 is 15.9 Å². The standard InChI is InChI=1S/C13H18BrNO3/c1-2-11(16)5-6-15-8-10-4-3-9(13(17)18)7-12(10)14/h3-4,7,11,15-16H,2,5-6,8H2,1H3,(H,17,18). The molecule has 1 rings (SSSR count). The molecule has 0 fully saturated rings. The number of aliphatic hydroxyl groups excluding tert-OH is 1. The number of nitrogens with one attached hydrogen (secondary N) is 1. The molecule has 0 aliphatic heterocycles. The highest BCUT2D eigenvalue weighted by atomic mass is 79.9. The largest absolute Gasteiger partial charge is 0.478 e. The number of carboxylic acid groups (broad SMARTS) is 1. The Hall–Kier alpha value is -0.910. The van der Waals surface area contributed by atoms with E-state index < -0.39 is 5.97 Å². The number of halogens is 1. The van der Waals surface area contributed by atoms with E-state index in [0.717, 1.165) is 29.4 Å². The predicted molar refractivity (Wildman–Crippen MR) is 73.7 cm³/mol. The molecular formula is C13H18BrNO3. The molecule has 1 aromatic rings. The third-order valence-corrected chi connectivity index (χ3v) is 3.48. The summed E-state index contributed by atoms with van der Waals surface area (Å²) in [7, 11) is 0. The molecule has 1 unspecified atom stereocenters. The van der Waals surface area contributed by atoms with Crippen LogP contribution in [0.1, 0.15) is 35.7 Å². The summed E-state index contributed by atoms with van der Waals surface area (Å²) in [6.45, 7) is 3.34. The molecular weight excluding hydrogens is 298 g/mol. The lowest BCUT2D eigenvalue weighted by atomic mass is 10.1. The molecule has 0 aliphatic rings. The lowest BCUT2D eigenvalue weighted by Crippen LogP contribution is -2.20. The number of benzene rings is 1. The number of aromatic carboxylic acids is 1. The molecule has 1 aromatic carbocycles. The summed E-state index contributed by atoms with van der Waals surface area (Å²) in [6.07, 6.45) is 1.23. The van der Waals surface area contributed by atoms with Crippen molar-refractivity contribution in [3.05, 3.63) is 33.8 Å². The van der Waals surface area contributed by atoms with Crippen molar-refractivity contribution in [1.29, 1.82) is 0 Å². The fraction of sp³-hybridized carbons (Fsp3) is 0.462. The number of hydrogen-bond acceptors (Lipinski definition) is 3. The summed E-state index contributed by atoms with van der Waals surface area (Å²) in [4.78, 5) is 10.8. The SMILES string of the molecule is CCC(O)CCNCc1ccc(C(=O)O)cc1Br. The first-order valence-corrected chi connectivity index (χ1v) is 6.74. The molecule has 1 atom stereocenters. The van der Waals surface area contributed by atoms with Crippen molar-refractivity contribution in [2.45, 2.75) is 32.4 Å². The van der Waals surface area contributed by atoms with E-state index in [9.17, 15) is 9.90 Å². The normalized spacial score (nSPS) is 12.4. The van der Waals surface area contributed by atoms with Crippen LogP contribution in [0, 0.1) is 0 Å². The van der Waals surface area contributed by atoms with Crippen LogP contribution in [0.3, 0.4) is 0 Å². The first-order valence-electron chi connectivity index (χ1n) is 5.95. The third-order valence-electron chi connectivity index (χ3n) is 2.74. The number of hydrogen-bond donors (Lipinski definition) is 3. The van der Waals surface area contributed by atoms with E-state index in [4.69, 9.17) is 5.11 Å². The van der Waals surface area contributed by atoms with Gasteiger partial charge in [-0.05, 0) is 37.1 Å². The molecule has 0 aromatic heterocycles. The van der Waals surface area contributed by atoms with E-state index in [2.05, 4.69) is 21.2 Å². The highest BCUT2D eigenvalue weighted by molar-refractivity contribution is 9.10. The number of carbonyl (C=O) groups is 1. The number of rotatable bonds is 7. The van der Waals surface area contributed by atoms with Gasteiger partial charge in [-0.2, -0.15) is 0 Å². The molecule has 18 heavy (non-hydrogen) atoms. The van der Waals surface area contributed by atoms with Gasteiger partial charge in [0.05, 0.1) is 11.7 Å². The van der Waals surface area contributed by atoms with E-state index in [-0.39, 0.29) is 11.7 Å². The fourth-order valence-corrected chi connectivity index (χ4v) is 2.04. The summed E-state index contributed by atoms with van der Waals surface area (Å²) in [5.74, 6) is -0.929. The Balaban J connectivity index is 2.46. The predicted octanol–water partition coefficient (Wildman–Crippen LogP) is 2.40. The summed E-state index contributed by atoms with van der Waals surface area (Å²) in [6, 6.07) is 4.97. The van der Waals surface area contributed by atoms with Crippen LogP contribution in [0.5, 0.6) is 0 Å². The van der Waals surface area contributed by atoms with Crippen molar-refractivity contribution in [3.8, 4) is 0 Å². The van der Waals surface area contributed by atoms with Gasteiger partial charge in [0.1, 0.15) is 0 Å². The van der Waals surface area contributed by atoms with Crippen LogP contribution < -0.4 is 5.32 Å². The number of carboxylic acids is 1. The van der Waals surface area contributed by atoms with Gasteiger partial charge in [0.15, 0.2) is 0 Å². The summed E-state index contributed by atoms with van der Waals surface area (Å²) < 4.78 is 0.783. The van der Waals surface area contributed by atoms with E-state index in [0.29, 0.717) is 6.54 Å². The van der Waals surface area contributed by atoms with Crippen molar-refractivity contribution in [1.82, 2.24) is 5.32 Å². The van der Waals surface area contributed by atoms with Crippen LogP contribution in [-0.2, 0) is 6.54 Å². The fourth-order valence-electron chi connectivity index (χ4n) is 1.52. The average Bonchev–Trinajstić information content (AvgIpc) is 2.35. The summed E-state index contributed by atoms with van der Waals surface area (Å²) >= 11 is 3.36. The Bertz CT molecular complexity index is 409. The van der Waals surface area contributed by atoms with Crippen molar-refractivity contribution < 1.29 is 15.0 Å². The molecule has 4 nitrogen and oxygen atoms in total. The molecule has 0 spiro atoms. The van der Waals surface area contributed by atoms with Gasteiger partial charge in [0.2, 0.25) is 0 Å². The topological polar surface area (TPSA) is 69.6 Å². The Morgan fingerprint density at radius 1 is 1.50 bits per heavy atom. The van der Waals surface area contributed by atoms with Gasteiger partial charge in [-0.15, -0.1) is 0 Å². The summed E-state index contributed by atoms with van der Waals surface area (Å²) in [5, 5.41) is 21.4. The number of aliphatic hydroxyl groups is 1. The van der Waals surface area contributed by atoms with Crippen LogP contribution in [0.2, 0.25) is 0 Å². The second-order valence-corrected chi connectivity index (χ2v) is 4.99. The van der Waals surface area contributed by atoms with Crippen LogP contribution in [0.15, 0.2) is 22.7 Å². The van der Waals surface area contributed by atoms with Crippen molar-refractivity contribution in [2.24, 2.45) is 0 Å². The van der Waals surface area contributed by atoms with Gasteiger partial charge in [0.25, 0.3) is 0 Å². The Morgan fingerprint density at radius 2 is 2.22 bits per heavy atom. The van der Waals surface area contributed by atoms with E-state index in [1.54, 1.807) is 18.2 Å². The van der Waals surface area contributed by atoms with E-state index >= 15 is 0 Å². The van der Waals surface area contributed by atoms with Crippen LogP contribution in [0.25, 0.3) is 0 Å². The first kappa shape index (κ1) is 15.1. The zero-order chi connectivity index (χ0) is 13.5. The smallest absolute Gasteiger partial charge is 0.335 e. The summed E-state index contributed by atoms with van der Waals surface area (Å²) in [5.41, 5.74) is 1.28. The minimum atomic E-state index is -0.929. The second kappa shape index (κ2) is 7.51. The van der Waals surface area contributed by atoms with Crippen LogP contribution in [0.4, 0.5) is 0 Å². The minimum Gasteiger partial charge on any atom is -0.478 e. The minimum absolute atomic E-state index is 0.254. The molecule has 0 bridgehead atoms. The molecule has 0 radical (unpaired) electrons. The van der Waals surface area contributed by atoms with Gasteiger partial charge in [-0.25, -0.2) is 4.79 Å². The van der Waals surface area contributed by atoms with Crippen LogP contribution in [-0.4, -0.2) is 28.8 Å². The molecule has 0 saturated heterocycles. The van der Waals surface area contributed by atoms with Gasteiger partial charge in [-0.3, -0.25) is 0 Å². The van der Waals surface area contributed by atoms with Gasteiger partial charge < -0.3 is 15.5 Å². The quantitative estimate of drug-likeness (QED) is 0.676. The molecule has 100 valence electrons. The molecule has 0 heterocycles. The highest BCUT2D eigenvalue weighted by Gasteiger charge is 2.06. The molecule has 3 N–H and O–H groups in total. The lowest BCUT2D eigenvalue weighted by Gasteiger charge is -2.10. The van der Waals surface area contributed by atoms with Crippen molar-refractivity contribution in [2.75, 3.05) is 6.54 Å². The first-order chi connectivity index (χ1) is 8.54. The second-order valence-electron chi connectivity index (χ2n) is 4.14. The Morgan fingerprint density at radius 3 is 2.78 bits per heavy atom. The maximum Gasteiger partial charge on any atom is 0.335 e. The van der Waals surface area contributed by atoms with Crippen molar-refractivity contribution >= 4 is 21.9 Å². The maximum absolute atomic E-state index is 10.8. The molecule has 5 heteroatoms. The van der Waals surface area contributed by atoms with Gasteiger partial charge in [0, 0.05) is 11.0 Å². The average molecular weight is 316 g/mol.